The van der Waals surface area contributed by atoms with E-state index in [4.69, 9.17) is 51.8 Å². The fourth-order valence-corrected chi connectivity index (χ4v) is 9.87. The van der Waals surface area contributed by atoms with E-state index in [-0.39, 0.29) is 74.3 Å². The number of methoxy groups -OCH3 is 2. The van der Waals surface area contributed by atoms with Crippen LogP contribution in [-0.4, -0.2) is 110 Å². The first kappa shape index (κ1) is 62.8. The second-order valence-electron chi connectivity index (χ2n) is 17.3. The van der Waals surface area contributed by atoms with Crippen LogP contribution >= 0.6 is 15.2 Å². The maximum absolute atomic E-state index is 13.5. The summed E-state index contributed by atoms with van der Waals surface area (Å²) < 4.78 is 83.3. The Hall–Kier alpha value is -6.70. The van der Waals surface area contributed by atoms with Gasteiger partial charge in [0, 0.05) is 22.3 Å². The molecule has 0 saturated heterocycles. The molecule has 4 N–H and O–H groups in total. The zero-order valence-corrected chi connectivity index (χ0v) is 46.6. The Kier molecular flexibility index (Phi) is 24.3. The zero-order chi connectivity index (χ0) is 57.0. The molecule has 77 heavy (non-hydrogen) atoms. The van der Waals surface area contributed by atoms with Crippen molar-refractivity contribution in [2.75, 3.05) is 53.3 Å². The second kappa shape index (κ2) is 29.7. The lowest BCUT2D eigenvalue weighted by molar-refractivity contribution is -0.152. The minimum absolute atomic E-state index is 0.0638. The van der Waals surface area contributed by atoms with Gasteiger partial charge in [0.2, 0.25) is 0 Å². The van der Waals surface area contributed by atoms with E-state index in [1.807, 2.05) is 13.8 Å². The molecule has 2 aliphatic heterocycles. The Morgan fingerprint density at radius 3 is 1.49 bits per heavy atom. The third-order valence-corrected chi connectivity index (χ3v) is 13.9. The van der Waals surface area contributed by atoms with Gasteiger partial charge in [0.1, 0.15) is 64.9 Å². The number of benzene rings is 4. The highest BCUT2D eigenvalue weighted by Gasteiger charge is 2.35. The Morgan fingerprint density at radius 2 is 1.09 bits per heavy atom. The van der Waals surface area contributed by atoms with Gasteiger partial charge in [0.05, 0.1) is 40.6 Å². The van der Waals surface area contributed by atoms with Crippen LogP contribution in [0.2, 0.25) is 0 Å². The quantitative estimate of drug-likeness (QED) is 0.0220. The molecule has 21 nitrogen and oxygen atoms in total. The van der Waals surface area contributed by atoms with Crippen molar-refractivity contribution in [3.63, 3.8) is 0 Å². The van der Waals surface area contributed by atoms with E-state index < -0.39 is 64.0 Å². The largest absolute Gasteiger partial charge is 0.507 e. The third kappa shape index (κ3) is 17.9. The fraction of sp³-hybridized carbons (Fsp3) is 0.407. The van der Waals surface area contributed by atoms with Gasteiger partial charge in [-0.2, -0.15) is 0 Å². The number of hydrogen-bond donors (Lipinski definition) is 4. The van der Waals surface area contributed by atoms with E-state index >= 15 is 0 Å². The van der Waals surface area contributed by atoms with E-state index in [9.17, 15) is 43.4 Å². The van der Waals surface area contributed by atoms with Crippen LogP contribution in [0.1, 0.15) is 95.6 Å². The topological polar surface area (TPSA) is 285 Å². The van der Waals surface area contributed by atoms with E-state index in [0.29, 0.717) is 46.1 Å². The van der Waals surface area contributed by atoms with Gasteiger partial charge in [0.15, 0.2) is 18.8 Å². The first-order chi connectivity index (χ1) is 36.5. The minimum atomic E-state index is -3.95. The normalized spacial score (nSPS) is 15.0. The highest BCUT2D eigenvalue weighted by Crippen LogP contribution is 2.50. The number of para-hydroxylation sites is 2. The lowest BCUT2D eigenvalue weighted by atomic mass is 9.95. The highest BCUT2D eigenvalue weighted by molar-refractivity contribution is 7.54. The molecule has 23 heteroatoms. The van der Waals surface area contributed by atoms with Crippen LogP contribution in [-0.2, 0) is 77.7 Å². The predicted molar refractivity (Wildman–Crippen MR) is 281 cm³/mol. The summed E-state index contributed by atoms with van der Waals surface area (Å²) in [6, 6.07) is 16.8. The Labute approximate surface area is 447 Å². The summed E-state index contributed by atoms with van der Waals surface area (Å²) in [6.07, 6.45) is 1.12. The number of phenols is 2. The number of aromatic hydroxyl groups is 2. The van der Waals surface area contributed by atoms with Crippen molar-refractivity contribution >= 4 is 39.1 Å². The molecule has 0 radical (unpaired) electrons. The molecule has 2 aliphatic rings. The smallest absolute Gasteiger partial charge is 0.405 e. The molecule has 0 bridgehead atoms. The Bertz CT molecular complexity index is 2840. The number of phenolic OH excluding ortho intramolecular Hbond substituents is 2. The Balaban J connectivity index is 0.000000295. The minimum Gasteiger partial charge on any atom is -0.507 e. The molecule has 0 amide bonds. The molecule has 0 saturated carbocycles. The molecule has 0 fully saturated rings. The molecule has 0 aromatic heterocycles. The first-order valence-electron chi connectivity index (χ1n) is 24.2. The molecule has 420 valence electrons. The van der Waals surface area contributed by atoms with Crippen molar-refractivity contribution in [2.24, 2.45) is 0 Å². The SMILES string of the molecule is CCOC(=O)[C@H](C)O.CCOC(=O)[C@H](C)OP(=O)(COC/C(C)=C/Cc1c(O)c2c(c(C)c1OC)COC2=O)Oc1ccccc1.COc1c(C)c2c(c(O)c1C/C=C(\C)COCP(=O)(O)Oc1ccccc1)C(=O)OC2. The summed E-state index contributed by atoms with van der Waals surface area (Å²) in [5.41, 5.74) is 5.49. The number of fused-ring (bicyclic) bond motifs is 2. The fourth-order valence-electron chi connectivity index (χ4n) is 7.57. The maximum Gasteiger partial charge on any atom is 0.405 e. The number of aliphatic hydroxyl groups excluding tert-OH is 1. The van der Waals surface area contributed by atoms with Crippen molar-refractivity contribution in [2.45, 2.75) is 93.7 Å². The van der Waals surface area contributed by atoms with Crippen molar-refractivity contribution < 1.29 is 100.0 Å². The summed E-state index contributed by atoms with van der Waals surface area (Å²) in [6.45, 7) is 14.2. The maximum atomic E-state index is 13.5. The summed E-state index contributed by atoms with van der Waals surface area (Å²) in [7, 11) is -4.87. The first-order valence-corrected chi connectivity index (χ1v) is 27.7. The van der Waals surface area contributed by atoms with E-state index in [0.717, 1.165) is 22.3 Å². The zero-order valence-electron chi connectivity index (χ0n) is 44.8. The van der Waals surface area contributed by atoms with Gasteiger partial charge in [-0.3, -0.25) is 4.52 Å². The average molecular weight is 1120 g/mol. The molecule has 0 aliphatic carbocycles. The highest BCUT2D eigenvalue weighted by atomic mass is 31.2. The lowest BCUT2D eigenvalue weighted by Gasteiger charge is -2.22. The molecule has 2 unspecified atom stereocenters. The second-order valence-corrected chi connectivity index (χ2v) is 20.9. The summed E-state index contributed by atoms with van der Waals surface area (Å²) in [4.78, 5) is 56.3. The standard InChI is InChI=1S/C27H33O10P.C22H25O8P.C5H10O3/c1-6-34-26(29)19(4)36-38(31,37-20-10-8-7-9-11-20)16-33-14-17(2)12-13-21-24(28)23-22(15-35-27(23)30)18(3)25(21)32-5;1-14(11-28-13-31(25,26)30-16-7-5-4-6-8-16)9-10-17-20(23)19-18(12-29-22(19)24)15(2)21(17)27-3;1-3-8-5(7)4(2)6/h7-12,19,28H,6,13-16H2,1-5H3;4-9,23H,10-13H2,1-3H3,(H,25,26);4,6H,3H2,1-2H3/b17-12+;14-9+;/t19-,38?;;4-/m0.0/s1. The summed E-state index contributed by atoms with van der Waals surface area (Å²) in [5, 5.41) is 29.9. The van der Waals surface area contributed by atoms with Crippen LogP contribution in [0, 0.1) is 13.8 Å². The molecular formula is C54H68O21P2. The van der Waals surface area contributed by atoms with Crippen LogP contribution < -0.4 is 18.5 Å². The van der Waals surface area contributed by atoms with Gasteiger partial charge in [-0.05, 0) is 104 Å². The van der Waals surface area contributed by atoms with Crippen molar-refractivity contribution in [1.29, 1.82) is 0 Å². The number of aliphatic hydroxyl groups is 1. The van der Waals surface area contributed by atoms with E-state index in [1.165, 1.54) is 28.1 Å². The van der Waals surface area contributed by atoms with Gasteiger partial charge >= 0.3 is 39.1 Å². The number of ether oxygens (including phenoxy) is 8. The number of carbonyl (C=O) groups is 4. The van der Waals surface area contributed by atoms with Crippen LogP contribution in [0.3, 0.4) is 0 Å². The van der Waals surface area contributed by atoms with Crippen LogP contribution in [0.5, 0.6) is 34.5 Å². The number of allylic oxidation sites excluding steroid dienone is 2. The van der Waals surface area contributed by atoms with Gasteiger partial charge in [-0.25, -0.2) is 28.3 Å². The predicted octanol–water partition coefficient (Wildman–Crippen LogP) is 9.12. The van der Waals surface area contributed by atoms with E-state index in [2.05, 4.69) is 4.74 Å². The molecular weight excluding hydrogens is 1050 g/mol. The summed E-state index contributed by atoms with van der Waals surface area (Å²) in [5.74, 6) is -1.11. The van der Waals surface area contributed by atoms with Crippen molar-refractivity contribution in [3.8, 4) is 34.5 Å². The van der Waals surface area contributed by atoms with Gasteiger partial charge < -0.3 is 67.2 Å². The number of esters is 4. The molecule has 4 atom stereocenters. The van der Waals surface area contributed by atoms with Crippen LogP contribution in [0.15, 0.2) is 84.0 Å². The molecule has 4 aromatic carbocycles. The summed E-state index contributed by atoms with van der Waals surface area (Å²) >= 11 is 0. The van der Waals surface area contributed by atoms with Gasteiger partial charge in [-0.15, -0.1) is 0 Å². The van der Waals surface area contributed by atoms with Crippen molar-refractivity contribution in [3.05, 3.63) is 128 Å². The number of carbonyl (C=O) groups excluding carboxylic acids is 4. The molecule has 6 rings (SSSR count). The van der Waals surface area contributed by atoms with Crippen LogP contribution in [0.4, 0.5) is 0 Å². The average Bonchev–Trinajstić information content (AvgIpc) is 3.98. The monoisotopic (exact) mass is 1110 g/mol. The van der Waals surface area contributed by atoms with E-state index in [1.54, 1.807) is 101 Å². The molecule has 0 spiro atoms. The number of hydrogen-bond acceptors (Lipinski definition) is 20. The molecule has 4 aromatic rings. The van der Waals surface area contributed by atoms with Crippen molar-refractivity contribution in [1.82, 2.24) is 0 Å². The lowest BCUT2D eigenvalue weighted by Crippen LogP contribution is -2.24. The third-order valence-electron chi connectivity index (χ3n) is 11.3. The van der Waals surface area contributed by atoms with Crippen LogP contribution in [0.25, 0.3) is 0 Å². The molecule has 2 heterocycles. The number of rotatable bonds is 24. The number of cyclic esters (lactones) is 2. The van der Waals surface area contributed by atoms with Gasteiger partial charge in [-0.1, -0.05) is 59.7 Å². The Morgan fingerprint density at radius 1 is 0.675 bits per heavy atom. The van der Waals surface area contributed by atoms with Gasteiger partial charge in [0.25, 0.3) is 0 Å².